The number of ether oxygens (including phenoxy) is 1. The van der Waals surface area contributed by atoms with Crippen molar-refractivity contribution < 1.29 is 24.3 Å². The molecule has 1 aromatic carbocycles. The molecule has 1 heterocycles. The van der Waals surface area contributed by atoms with Gasteiger partial charge < -0.3 is 19.5 Å². The molecule has 1 aliphatic rings. The van der Waals surface area contributed by atoms with E-state index in [4.69, 9.17) is 4.74 Å². The summed E-state index contributed by atoms with van der Waals surface area (Å²) < 4.78 is 5.65. The second-order valence-electron chi connectivity index (χ2n) is 7.87. The largest absolute Gasteiger partial charge is 0.545 e. The molecule has 0 aromatic heterocycles. The molecule has 0 atom stereocenters. The fourth-order valence-corrected chi connectivity index (χ4v) is 4.05. The first-order valence-electron chi connectivity index (χ1n) is 8.45. The average molecular weight is 333 g/mol. The number of nitrogens with one attached hydrogen (secondary N) is 1. The molecule has 0 aliphatic carbocycles. The van der Waals surface area contributed by atoms with Crippen molar-refractivity contribution in [2.24, 2.45) is 0 Å². The van der Waals surface area contributed by atoms with Crippen LogP contribution in [0.2, 0.25) is 0 Å². The highest BCUT2D eigenvalue weighted by molar-refractivity contribution is 5.89. The van der Waals surface area contributed by atoms with Crippen LogP contribution in [-0.4, -0.2) is 36.0 Å². The predicted octanol–water partition coefficient (Wildman–Crippen LogP) is 0.624. The van der Waals surface area contributed by atoms with Gasteiger partial charge in [-0.3, -0.25) is 4.79 Å². The van der Waals surface area contributed by atoms with Crippen molar-refractivity contribution in [2.75, 3.05) is 13.2 Å². The predicted molar refractivity (Wildman–Crippen MR) is 89.1 cm³/mol. The third kappa shape index (κ3) is 4.15. The Labute approximate surface area is 143 Å². The molecule has 0 spiro atoms. The Morgan fingerprint density at radius 1 is 1.17 bits per heavy atom. The molecule has 1 saturated heterocycles. The Kier molecular flexibility index (Phi) is 5.33. The summed E-state index contributed by atoms with van der Waals surface area (Å²) in [6.45, 7) is 9.84. The molecule has 1 N–H and O–H groups in total. The van der Waals surface area contributed by atoms with Crippen molar-refractivity contribution in [1.29, 1.82) is 0 Å². The van der Waals surface area contributed by atoms with Gasteiger partial charge >= 0.3 is 0 Å². The molecule has 0 unspecified atom stereocenters. The van der Waals surface area contributed by atoms with Crippen LogP contribution in [0.4, 0.5) is 0 Å². The van der Waals surface area contributed by atoms with Gasteiger partial charge in [0, 0.05) is 12.0 Å². The number of carbonyl (C=O) groups excluding carboxylic acids is 2. The topological polar surface area (TPSA) is 70.9 Å². The number of carboxylic acids is 1. The lowest BCUT2D eigenvalue weighted by molar-refractivity contribution is -0.995. The van der Waals surface area contributed by atoms with Gasteiger partial charge in [0.1, 0.15) is 11.5 Å². The second kappa shape index (κ2) is 6.93. The molecule has 5 heteroatoms. The van der Waals surface area contributed by atoms with Crippen molar-refractivity contribution in [1.82, 2.24) is 0 Å². The molecule has 1 aliphatic heterocycles. The number of carbonyl (C=O) groups is 2. The highest BCUT2D eigenvalue weighted by atomic mass is 16.5. The van der Waals surface area contributed by atoms with E-state index in [9.17, 15) is 14.7 Å². The summed E-state index contributed by atoms with van der Waals surface area (Å²) in [5, 5.41) is 11.1. The van der Waals surface area contributed by atoms with Gasteiger partial charge in [-0.25, -0.2) is 0 Å². The van der Waals surface area contributed by atoms with E-state index in [1.807, 2.05) is 0 Å². The minimum Gasteiger partial charge on any atom is -0.545 e. The minimum absolute atomic E-state index is 0.0778. The number of piperidine rings is 1. The second-order valence-corrected chi connectivity index (χ2v) is 7.87. The lowest BCUT2D eigenvalue weighted by atomic mass is 9.79. The van der Waals surface area contributed by atoms with Crippen LogP contribution in [0.1, 0.15) is 57.3 Å². The lowest BCUT2D eigenvalue weighted by Gasteiger charge is -2.48. The van der Waals surface area contributed by atoms with Gasteiger partial charge in [0.15, 0.2) is 0 Å². The summed E-state index contributed by atoms with van der Waals surface area (Å²) >= 11 is 0. The number of hydrogen-bond acceptors (Lipinski definition) is 4. The zero-order valence-electron chi connectivity index (χ0n) is 15.0. The smallest absolute Gasteiger partial charge is 0.145 e. The average Bonchev–Trinajstić information content (AvgIpc) is 2.44. The molecular weight excluding hydrogens is 306 g/mol. The van der Waals surface area contributed by atoms with E-state index in [0.29, 0.717) is 31.0 Å². The van der Waals surface area contributed by atoms with Crippen molar-refractivity contribution in [3.05, 3.63) is 29.8 Å². The van der Waals surface area contributed by atoms with Crippen molar-refractivity contribution in [2.45, 2.75) is 58.0 Å². The summed E-state index contributed by atoms with van der Waals surface area (Å²) in [6, 6.07) is 6.53. The van der Waals surface area contributed by atoms with Crippen molar-refractivity contribution in [3.8, 4) is 5.75 Å². The third-order valence-corrected chi connectivity index (χ3v) is 4.85. The summed E-state index contributed by atoms with van der Waals surface area (Å²) in [4.78, 5) is 24.4. The Morgan fingerprint density at radius 2 is 1.75 bits per heavy atom. The summed E-state index contributed by atoms with van der Waals surface area (Å²) in [5.74, 6) is -0.555. The molecule has 0 radical (unpaired) electrons. The van der Waals surface area contributed by atoms with Crippen LogP contribution in [0, 0.1) is 0 Å². The molecule has 0 saturated carbocycles. The number of carboxylic acid groups (broad SMARTS) is 1. The Hall–Kier alpha value is -1.88. The minimum atomic E-state index is -1.23. The summed E-state index contributed by atoms with van der Waals surface area (Å²) in [7, 11) is 0. The zero-order valence-corrected chi connectivity index (χ0v) is 15.0. The van der Waals surface area contributed by atoms with Gasteiger partial charge in [-0.1, -0.05) is 12.1 Å². The summed E-state index contributed by atoms with van der Waals surface area (Å²) in [6.07, 6.45) is 1.98. The highest BCUT2D eigenvalue weighted by Crippen LogP contribution is 2.21. The third-order valence-electron chi connectivity index (χ3n) is 4.85. The molecule has 1 aromatic rings. The van der Waals surface area contributed by atoms with E-state index in [1.54, 1.807) is 18.2 Å². The number of aromatic carboxylic acids is 1. The molecule has 0 bridgehead atoms. The Morgan fingerprint density at radius 3 is 2.33 bits per heavy atom. The van der Waals surface area contributed by atoms with Gasteiger partial charge in [-0.2, -0.15) is 0 Å². The normalized spacial score (nSPS) is 19.9. The molecule has 24 heavy (non-hydrogen) atoms. The maximum absolute atomic E-state index is 12.0. The molecule has 132 valence electrons. The fraction of sp³-hybridized carbons (Fsp3) is 0.579. The van der Waals surface area contributed by atoms with Gasteiger partial charge in [0.2, 0.25) is 0 Å². The number of ketones is 1. The van der Waals surface area contributed by atoms with E-state index >= 15 is 0 Å². The first kappa shape index (κ1) is 18.5. The first-order chi connectivity index (χ1) is 11.1. The number of benzene rings is 1. The fourth-order valence-electron chi connectivity index (χ4n) is 4.05. The van der Waals surface area contributed by atoms with Crippen molar-refractivity contribution in [3.63, 3.8) is 0 Å². The number of hydrogen-bond donors (Lipinski definition) is 1. The molecule has 2 rings (SSSR count). The number of quaternary nitrogens is 1. The van der Waals surface area contributed by atoms with Gasteiger partial charge in [0.05, 0.1) is 43.0 Å². The van der Waals surface area contributed by atoms with E-state index < -0.39 is 5.97 Å². The van der Waals surface area contributed by atoms with Crippen LogP contribution in [0.5, 0.6) is 5.75 Å². The maximum Gasteiger partial charge on any atom is 0.145 e. The van der Waals surface area contributed by atoms with E-state index in [0.717, 1.165) is 13.0 Å². The van der Waals surface area contributed by atoms with E-state index in [-0.39, 0.29) is 16.6 Å². The molecular formula is C19H27NO4. The van der Waals surface area contributed by atoms with E-state index in [1.165, 1.54) is 11.0 Å². The number of Topliss-reactive ketones (excluding diaryl/α,β-unsaturated/α-hetero) is 1. The van der Waals surface area contributed by atoms with E-state index in [2.05, 4.69) is 27.7 Å². The highest BCUT2D eigenvalue weighted by Gasteiger charge is 2.48. The maximum atomic E-state index is 12.0. The standard InChI is InChI=1S/C19H27NO4/c1-18(2)12-14(21)13-19(3,4)20(18)10-7-11-24-16-9-6-5-8-15(16)17(22)23/h5-6,8-9H,7,10-13H2,1-4H3,(H,22,23). The van der Waals surface area contributed by atoms with Gasteiger partial charge in [-0.05, 0) is 39.8 Å². The molecule has 5 nitrogen and oxygen atoms in total. The SMILES string of the molecule is CC1(C)CC(=O)CC(C)(C)[NH+]1CCCOc1ccccc1C(=O)[O-]. The molecule has 1 fully saturated rings. The number of rotatable bonds is 6. The van der Waals surface area contributed by atoms with Crippen LogP contribution in [0.25, 0.3) is 0 Å². The lowest BCUT2D eigenvalue weighted by Crippen LogP contribution is -3.26. The number of likely N-dealkylation sites (tertiary alicyclic amines) is 1. The van der Waals surface area contributed by atoms with Crippen LogP contribution in [0.3, 0.4) is 0 Å². The van der Waals surface area contributed by atoms with Gasteiger partial charge in [-0.15, -0.1) is 0 Å². The van der Waals surface area contributed by atoms with Crippen LogP contribution in [0.15, 0.2) is 24.3 Å². The summed E-state index contributed by atoms with van der Waals surface area (Å²) in [5.41, 5.74) is -0.113. The first-order valence-corrected chi connectivity index (χ1v) is 8.45. The van der Waals surface area contributed by atoms with Crippen LogP contribution >= 0.6 is 0 Å². The monoisotopic (exact) mass is 333 g/mol. The molecule has 0 amide bonds. The van der Waals surface area contributed by atoms with Crippen LogP contribution in [-0.2, 0) is 4.79 Å². The van der Waals surface area contributed by atoms with Gasteiger partial charge in [0.25, 0.3) is 0 Å². The Balaban J connectivity index is 1.94. The zero-order chi connectivity index (χ0) is 18.0. The number of para-hydroxylation sites is 1. The van der Waals surface area contributed by atoms with Crippen molar-refractivity contribution >= 4 is 11.8 Å². The quantitative estimate of drug-likeness (QED) is 0.775. The Bertz CT molecular complexity index is 602. The van der Waals surface area contributed by atoms with Crippen LogP contribution < -0.4 is 14.7 Å².